The van der Waals surface area contributed by atoms with Gasteiger partial charge < -0.3 is 19.7 Å². The van der Waals surface area contributed by atoms with Crippen LogP contribution in [0.3, 0.4) is 0 Å². The van der Waals surface area contributed by atoms with E-state index in [1.165, 1.54) is 0 Å². The van der Waals surface area contributed by atoms with Crippen molar-refractivity contribution in [3.05, 3.63) is 36.0 Å². The van der Waals surface area contributed by atoms with Gasteiger partial charge in [0.1, 0.15) is 11.9 Å². The molecule has 0 aliphatic heterocycles. The fraction of sp³-hybridized carbons (Fsp3) is 0.429. The molecule has 1 unspecified atom stereocenters. The van der Waals surface area contributed by atoms with Crippen LogP contribution in [0.2, 0.25) is 0 Å². The number of nitrogens with two attached hydrogens (primary N) is 1. The fourth-order valence-corrected chi connectivity index (χ4v) is 2.10. The Morgan fingerprint density at radius 2 is 2.30 bits per heavy atom. The molecular weight excluding hydrogens is 258 g/mol. The number of ether oxygens (including phenoxy) is 2. The molecule has 6 heteroatoms. The summed E-state index contributed by atoms with van der Waals surface area (Å²) in [5, 5.41) is 3.96. The lowest BCUT2D eigenvalue weighted by atomic mass is 10.2. The lowest BCUT2D eigenvalue weighted by Gasteiger charge is -2.08. The lowest BCUT2D eigenvalue weighted by molar-refractivity contribution is 0.0751. The van der Waals surface area contributed by atoms with Crippen LogP contribution in [0.5, 0.6) is 5.75 Å². The van der Waals surface area contributed by atoms with Crippen LogP contribution in [-0.2, 0) is 11.3 Å². The summed E-state index contributed by atoms with van der Waals surface area (Å²) in [5.74, 6) is 2.22. The summed E-state index contributed by atoms with van der Waals surface area (Å²) in [7, 11) is 1.67. The molecule has 2 aromatic rings. The van der Waals surface area contributed by atoms with E-state index in [9.17, 15) is 0 Å². The molecule has 6 nitrogen and oxygen atoms in total. The van der Waals surface area contributed by atoms with Gasteiger partial charge in [-0.15, -0.1) is 0 Å². The van der Waals surface area contributed by atoms with E-state index < -0.39 is 0 Å². The van der Waals surface area contributed by atoms with Crippen LogP contribution in [0, 0.1) is 5.92 Å². The van der Waals surface area contributed by atoms with Gasteiger partial charge >= 0.3 is 0 Å². The van der Waals surface area contributed by atoms with Crippen LogP contribution < -0.4 is 10.5 Å². The Labute approximate surface area is 116 Å². The van der Waals surface area contributed by atoms with Crippen molar-refractivity contribution in [2.75, 3.05) is 12.8 Å². The van der Waals surface area contributed by atoms with E-state index in [0.717, 1.165) is 12.8 Å². The standard InChI is InChI=1S/C14H17N3O3/c1-18-13(9-5-6-9)14-16-12(20-17-14)8-19-11-4-2-3-10(15)7-11/h2-4,7,9,13H,5-6,8,15H2,1H3. The third-order valence-electron chi connectivity index (χ3n) is 3.26. The first-order chi connectivity index (χ1) is 9.76. The first-order valence-corrected chi connectivity index (χ1v) is 6.60. The van der Waals surface area contributed by atoms with E-state index >= 15 is 0 Å². The van der Waals surface area contributed by atoms with Crippen molar-refractivity contribution in [1.29, 1.82) is 0 Å². The molecule has 1 atom stereocenters. The Kier molecular flexibility index (Phi) is 3.56. The minimum Gasteiger partial charge on any atom is -0.484 e. The second kappa shape index (κ2) is 5.50. The fourth-order valence-electron chi connectivity index (χ4n) is 2.10. The average molecular weight is 275 g/mol. The summed E-state index contributed by atoms with van der Waals surface area (Å²) in [6.45, 7) is 0.220. The minimum absolute atomic E-state index is 0.0696. The zero-order valence-corrected chi connectivity index (χ0v) is 11.3. The second-order valence-corrected chi connectivity index (χ2v) is 4.90. The van der Waals surface area contributed by atoms with Crippen LogP contribution in [0.4, 0.5) is 5.69 Å². The molecule has 20 heavy (non-hydrogen) atoms. The molecule has 1 aliphatic rings. The number of rotatable bonds is 6. The number of aromatic nitrogens is 2. The molecule has 0 spiro atoms. The smallest absolute Gasteiger partial charge is 0.264 e. The van der Waals surface area contributed by atoms with E-state index in [0.29, 0.717) is 29.1 Å². The highest BCUT2D eigenvalue weighted by Gasteiger charge is 2.35. The SMILES string of the molecule is COC(c1noc(COc2cccc(N)c2)n1)C1CC1. The first kappa shape index (κ1) is 12.9. The predicted octanol–water partition coefficient (Wildman–Crippen LogP) is 2.33. The number of benzene rings is 1. The van der Waals surface area contributed by atoms with Gasteiger partial charge in [0.15, 0.2) is 6.61 Å². The topological polar surface area (TPSA) is 83.4 Å². The average Bonchev–Trinajstić information content (AvgIpc) is 3.16. The van der Waals surface area contributed by atoms with E-state index in [4.69, 9.17) is 19.7 Å². The predicted molar refractivity (Wildman–Crippen MR) is 72.0 cm³/mol. The Morgan fingerprint density at radius 3 is 3.00 bits per heavy atom. The molecule has 1 aliphatic carbocycles. The number of methoxy groups -OCH3 is 1. The molecule has 0 radical (unpaired) electrons. The number of hydrogen-bond acceptors (Lipinski definition) is 6. The van der Waals surface area contributed by atoms with Gasteiger partial charge in [0, 0.05) is 18.9 Å². The van der Waals surface area contributed by atoms with Crippen molar-refractivity contribution in [3.63, 3.8) is 0 Å². The highest BCUT2D eigenvalue weighted by molar-refractivity contribution is 5.43. The van der Waals surface area contributed by atoms with Crippen LogP contribution >= 0.6 is 0 Å². The quantitative estimate of drug-likeness (QED) is 0.814. The molecule has 0 amide bonds. The maximum absolute atomic E-state index is 5.68. The minimum atomic E-state index is -0.0696. The van der Waals surface area contributed by atoms with E-state index in [-0.39, 0.29) is 12.7 Å². The maximum Gasteiger partial charge on any atom is 0.264 e. The molecular formula is C14H17N3O3. The lowest BCUT2D eigenvalue weighted by Crippen LogP contribution is -2.06. The molecule has 1 heterocycles. The summed E-state index contributed by atoms with van der Waals surface area (Å²) >= 11 is 0. The Balaban J connectivity index is 1.62. The van der Waals surface area contributed by atoms with Gasteiger partial charge in [-0.05, 0) is 30.9 Å². The van der Waals surface area contributed by atoms with Gasteiger partial charge in [0.25, 0.3) is 5.89 Å². The number of anilines is 1. The zero-order valence-electron chi connectivity index (χ0n) is 11.3. The van der Waals surface area contributed by atoms with Gasteiger partial charge in [-0.25, -0.2) is 0 Å². The molecule has 2 N–H and O–H groups in total. The third kappa shape index (κ3) is 2.91. The number of hydrogen-bond donors (Lipinski definition) is 1. The Bertz CT molecular complexity index is 581. The highest BCUT2D eigenvalue weighted by atomic mass is 16.5. The summed E-state index contributed by atoms with van der Waals surface area (Å²) < 4.78 is 16.1. The molecule has 0 bridgehead atoms. The summed E-state index contributed by atoms with van der Waals surface area (Å²) in [6, 6.07) is 7.21. The van der Waals surface area contributed by atoms with Gasteiger partial charge in [0.05, 0.1) is 0 Å². The van der Waals surface area contributed by atoms with Crippen LogP contribution in [0.25, 0.3) is 0 Å². The van der Waals surface area contributed by atoms with Crippen molar-refractivity contribution in [2.24, 2.45) is 5.92 Å². The van der Waals surface area contributed by atoms with E-state index in [2.05, 4.69) is 10.1 Å². The summed E-state index contributed by atoms with van der Waals surface area (Å²) in [6.07, 6.45) is 2.24. The molecule has 106 valence electrons. The van der Waals surface area contributed by atoms with Crippen LogP contribution in [-0.4, -0.2) is 17.3 Å². The molecule has 1 saturated carbocycles. The van der Waals surface area contributed by atoms with Crippen molar-refractivity contribution in [2.45, 2.75) is 25.6 Å². The number of nitrogens with zero attached hydrogens (tertiary/aromatic N) is 2. The normalized spacial score (nSPS) is 16.1. The van der Waals surface area contributed by atoms with Crippen molar-refractivity contribution < 1.29 is 14.0 Å². The molecule has 3 rings (SSSR count). The monoisotopic (exact) mass is 275 g/mol. The largest absolute Gasteiger partial charge is 0.484 e. The van der Waals surface area contributed by atoms with Gasteiger partial charge in [-0.1, -0.05) is 11.2 Å². The molecule has 1 aromatic carbocycles. The summed E-state index contributed by atoms with van der Waals surface area (Å²) in [4.78, 5) is 4.32. The molecule has 0 saturated heterocycles. The van der Waals surface area contributed by atoms with Gasteiger partial charge in [0.2, 0.25) is 5.82 Å². The van der Waals surface area contributed by atoms with Crippen molar-refractivity contribution in [3.8, 4) is 5.75 Å². The van der Waals surface area contributed by atoms with Crippen LogP contribution in [0.15, 0.2) is 28.8 Å². The van der Waals surface area contributed by atoms with E-state index in [1.54, 1.807) is 19.2 Å². The Hall–Kier alpha value is -2.08. The first-order valence-electron chi connectivity index (χ1n) is 6.60. The molecule has 1 fully saturated rings. The Morgan fingerprint density at radius 1 is 1.45 bits per heavy atom. The van der Waals surface area contributed by atoms with Crippen molar-refractivity contribution in [1.82, 2.24) is 10.1 Å². The number of nitrogen functional groups attached to an aromatic ring is 1. The summed E-state index contributed by atoms with van der Waals surface area (Å²) in [5.41, 5.74) is 6.34. The maximum atomic E-state index is 5.68. The van der Waals surface area contributed by atoms with Gasteiger partial charge in [-0.2, -0.15) is 4.98 Å². The second-order valence-electron chi connectivity index (χ2n) is 4.90. The van der Waals surface area contributed by atoms with Gasteiger partial charge in [-0.3, -0.25) is 0 Å². The zero-order chi connectivity index (χ0) is 13.9. The third-order valence-corrected chi connectivity index (χ3v) is 3.26. The molecule has 1 aromatic heterocycles. The highest BCUT2D eigenvalue weighted by Crippen LogP contribution is 2.41. The van der Waals surface area contributed by atoms with E-state index in [1.807, 2.05) is 12.1 Å². The van der Waals surface area contributed by atoms with Crippen LogP contribution in [0.1, 0.15) is 30.7 Å². The van der Waals surface area contributed by atoms with Crippen molar-refractivity contribution >= 4 is 5.69 Å².